The topological polar surface area (TPSA) is 54.5 Å². The molecule has 0 aromatic carbocycles. The third-order valence-electron chi connectivity index (χ3n) is 6.17. The summed E-state index contributed by atoms with van der Waals surface area (Å²) in [5, 5.41) is 2.84. The Balaban J connectivity index is 1.21. The number of hydrogen-bond donors (Lipinski definition) is 1. The molecule has 27 heavy (non-hydrogen) atoms. The van der Waals surface area contributed by atoms with Gasteiger partial charge in [0.25, 0.3) is 0 Å². The molecule has 1 atom stereocenters. The zero-order valence-electron chi connectivity index (χ0n) is 15.7. The first-order valence-electron chi connectivity index (χ1n) is 9.80. The van der Waals surface area contributed by atoms with E-state index in [1.807, 2.05) is 25.1 Å². The predicted octanol–water partition coefficient (Wildman–Crippen LogP) is 2.53. The van der Waals surface area contributed by atoms with Crippen molar-refractivity contribution in [3.63, 3.8) is 0 Å². The summed E-state index contributed by atoms with van der Waals surface area (Å²) in [5.41, 5.74) is 1.99. The number of likely N-dealkylation sites (tertiary alicyclic amines) is 1. The van der Waals surface area contributed by atoms with E-state index < -0.39 is 11.8 Å². The van der Waals surface area contributed by atoms with Crippen LogP contribution in [0.3, 0.4) is 0 Å². The number of alkyl halides is 2. The number of nitrogens with one attached hydrogen (secondary N) is 1. The lowest BCUT2D eigenvalue weighted by Crippen LogP contribution is -2.64. The molecule has 1 N–H and O–H groups in total. The molecule has 1 amide bonds. The Morgan fingerprint density at radius 3 is 2.85 bits per heavy atom. The summed E-state index contributed by atoms with van der Waals surface area (Å²) in [6, 6.07) is 6.07. The first kappa shape index (κ1) is 18.7. The van der Waals surface area contributed by atoms with Crippen molar-refractivity contribution in [1.82, 2.24) is 15.2 Å². The van der Waals surface area contributed by atoms with Crippen molar-refractivity contribution in [3.05, 3.63) is 29.6 Å². The van der Waals surface area contributed by atoms with Crippen molar-refractivity contribution >= 4 is 5.91 Å². The van der Waals surface area contributed by atoms with Gasteiger partial charge in [-0.05, 0) is 37.8 Å². The van der Waals surface area contributed by atoms with Gasteiger partial charge in [0.05, 0.1) is 11.3 Å². The van der Waals surface area contributed by atoms with Crippen LogP contribution in [0.4, 0.5) is 8.78 Å². The molecule has 1 saturated carbocycles. The second-order valence-electron chi connectivity index (χ2n) is 8.36. The second kappa shape index (κ2) is 7.09. The molecule has 1 aromatic rings. The maximum absolute atomic E-state index is 12.9. The van der Waals surface area contributed by atoms with E-state index in [4.69, 9.17) is 4.74 Å². The molecule has 0 bridgehead atoms. The Labute approximate surface area is 158 Å². The summed E-state index contributed by atoms with van der Waals surface area (Å²) in [6.45, 7) is 5.88. The maximum Gasteiger partial charge on any atom is 0.249 e. The largest absolute Gasteiger partial charge is 0.372 e. The summed E-state index contributed by atoms with van der Waals surface area (Å²) < 4.78 is 31.8. The Bertz CT molecular complexity index is 698. The third kappa shape index (κ3) is 3.99. The molecule has 4 rings (SSSR count). The Morgan fingerprint density at radius 2 is 2.15 bits per heavy atom. The molecular weight excluding hydrogens is 352 g/mol. The zero-order valence-corrected chi connectivity index (χ0v) is 15.7. The Kier molecular flexibility index (Phi) is 4.93. The number of aromatic nitrogens is 1. The molecule has 1 unspecified atom stereocenters. The van der Waals surface area contributed by atoms with Crippen LogP contribution in [0.5, 0.6) is 0 Å². The quantitative estimate of drug-likeness (QED) is 0.825. The van der Waals surface area contributed by atoms with Gasteiger partial charge in [-0.2, -0.15) is 0 Å². The van der Waals surface area contributed by atoms with Gasteiger partial charge in [-0.15, -0.1) is 0 Å². The molecule has 2 aliphatic heterocycles. The number of pyridine rings is 1. The van der Waals surface area contributed by atoms with E-state index in [2.05, 4.69) is 15.2 Å². The molecule has 7 heteroatoms. The van der Waals surface area contributed by atoms with E-state index in [1.54, 1.807) is 0 Å². The number of amides is 1. The smallest absolute Gasteiger partial charge is 0.249 e. The molecule has 148 valence electrons. The zero-order chi connectivity index (χ0) is 19.1. The van der Waals surface area contributed by atoms with Gasteiger partial charge in [0, 0.05) is 57.2 Å². The highest BCUT2D eigenvalue weighted by Crippen LogP contribution is 2.43. The van der Waals surface area contributed by atoms with Crippen LogP contribution in [-0.4, -0.2) is 53.6 Å². The van der Waals surface area contributed by atoms with E-state index in [9.17, 15) is 13.6 Å². The van der Waals surface area contributed by atoms with E-state index in [0.29, 0.717) is 12.5 Å². The van der Waals surface area contributed by atoms with E-state index in [1.165, 1.54) is 0 Å². The number of nitrogens with zero attached hydrogens (tertiary/aromatic N) is 2. The first-order chi connectivity index (χ1) is 12.9. The van der Waals surface area contributed by atoms with Crippen LogP contribution >= 0.6 is 0 Å². The monoisotopic (exact) mass is 379 g/mol. The molecule has 5 nitrogen and oxygen atoms in total. The molecule has 1 aromatic heterocycles. The summed E-state index contributed by atoms with van der Waals surface area (Å²) >= 11 is 0. The predicted molar refractivity (Wildman–Crippen MR) is 96.3 cm³/mol. The van der Waals surface area contributed by atoms with Gasteiger partial charge in [0.2, 0.25) is 11.8 Å². The van der Waals surface area contributed by atoms with Gasteiger partial charge in [-0.25, -0.2) is 8.78 Å². The number of aryl methyl sites for hydroxylation is 1. The van der Waals surface area contributed by atoms with Gasteiger partial charge in [-0.3, -0.25) is 14.7 Å². The summed E-state index contributed by atoms with van der Waals surface area (Å²) in [5.74, 6) is -2.99. The van der Waals surface area contributed by atoms with Gasteiger partial charge < -0.3 is 10.1 Å². The number of carbonyl (C=O) groups is 1. The number of carbonyl (C=O) groups excluding carboxylic acids is 1. The molecule has 0 radical (unpaired) electrons. The van der Waals surface area contributed by atoms with Crippen LogP contribution in [0.15, 0.2) is 18.2 Å². The maximum atomic E-state index is 12.9. The molecule has 2 saturated heterocycles. The van der Waals surface area contributed by atoms with Crippen molar-refractivity contribution in [1.29, 1.82) is 0 Å². The number of ether oxygens (including phenoxy) is 1. The van der Waals surface area contributed by atoms with E-state index in [-0.39, 0.29) is 24.3 Å². The van der Waals surface area contributed by atoms with Crippen LogP contribution in [0.1, 0.15) is 37.1 Å². The van der Waals surface area contributed by atoms with Gasteiger partial charge >= 0.3 is 0 Å². The number of rotatable bonds is 6. The highest BCUT2D eigenvalue weighted by atomic mass is 19.3. The summed E-state index contributed by atoms with van der Waals surface area (Å²) in [4.78, 5) is 18.8. The molecule has 3 fully saturated rings. The number of hydrogen-bond acceptors (Lipinski definition) is 4. The highest BCUT2D eigenvalue weighted by molar-refractivity contribution is 5.79. The standard InChI is InChI=1S/C20H27F2N3O2/c1-14-3-2-4-17(24-14)11-25-12-19(13-25)16(6-8-27-19)5-7-23-18(26)15-9-20(21,22)10-15/h2-4,15-16H,5-13H2,1H3,(H,23,26). The van der Waals surface area contributed by atoms with E-state index >= 15 is 0 Å². The molecule has 1 spiro atoms. The summed E-state index contributed by atoms with van der Waals surface area (Å²) in [6.07, 6.45) is 1.22. The van der Waals surface area contributed by atoms with Crippen LogP contribution in [0.2, 0.25) is 0 Å². The van der Waals surface area contributed by atoms with Crippen molar-refractivity contribution < 1.29 is 18.3 Å². The molecular formula is C20H27F2N3O2. The van der Waals surface area contributed by atoms with Crippen LogP contribution in [0, 0.1) is 18.8 Å². The number of halogens is 2. The Hall–Kier alpha value is -1.60. The average Bonchev–Trinajstić information content (AvgIpc) is 2.96. The van der Waals surface area contributed by atoms with Crippen molar-refractivity contribution in [2.45, 2.75) is 50.7 Å². The highest BCUT2D eigenvalue weighted by Gasteiger charge is 2.52. The normalized spacial score (nSPS) is 26.6. The van der Waals surface area contributed by atoms with Gasteiger partial charge in [0.15, 0.2) is 0 Å². The van der Waals surface area contributed by atoms with E-state index in [0.717, 1.165) is 50.5 Å². The SMILES string of the molecule is Cc1cccc(CN2CC3(C2)OCCC3CCNC(=O)C2CC(F)(F)C2)n1. The molecule has 3 aliphatic rings. The minimum Gasteiger partial charge on any atom is -0.372 e. The minimum absolute atomic E-state index is 0.113. The van der Waals surface area contributed by atoms with Gasteiger partial charge in [0.1, 0.15) is 0 Å². The van der Waals surface area contributed by atoms with Crippen LogP contribution < -0.4 is 5.32 Å². The molecule has 3 heterocycles. The fraction of sp³-hybridized carbons (Fsp3) is 0.700. The lowest BCUT2D eigenvalue weighted by Gasteiger charge is -2.50. The van der Waals surface area contributed by atoms with Crippen molar-refractivity contribution in [2.75, 3.05) is 26.2 Å². The third-order valence-corrected chi connectivity index (χ3v) is 6.17. The van der Waals surface area contributed by atoms with Gasteiger partial charge in [-0.1, -0.05) is 6.07 Å². The Morgan fingerprint density at radius 1 is 1.37 bits per heavy atom. The van der Waals surface area contributed by atoms with Crippen LogP contribution in [0.25, 0.3) is 0 Å². The second-order valence-corrected chi connectivity index (χ2v) is 8.36. The minimum atomic E-state index is -2.65. The van der Waals surface area contributed by atoms with Crippen molar-refractivity contribution in [3.8, 4) is 0 Å². The fourth-order valence-corrected chi connectivity index (χ4v) is 4.64. The van der Waals surface area contributed by atoms with Crippen LogP contribution in [-0.2, 0) is 16.1 Å². The lowest BCUT2D eigenvalue weighted by molar-refractivity contribution is -0.150. The lowest BCUT2D eigenvalue weighted by atomic mass is 9.78. The average molecular weight is 379 g/mol. The fourth-order valence-electron chi connectivity index (χ4n) is 4.64. The van der Waals surface area contributed by atoms with Crippen molar-refractivity contribution in [2.24, 2.45) is 11.8 Å². The first-order valence-corrected chi connectivity index (χ1v) is 9.80. The molecule has 1 aliphatic carbocycles. The summed E-state index contributed by atoms with van der Waals surface area (Å²) in [7, 11) is 0.